The highest BCUT2D eigenvalue weighted by molar-refractivity contribution is 6.40. The van der Waals surface area contributed by atoms with E-state index in [1.807, 2.05) is 6.07 Å². The SMILES string of the molecule is CO[C@@H]1CCOC12CN(c1cc(Cl)c(C(=O)N3COc4c(cccc4-c4cc(C5C6CCC5COC6)c(C(=O)O)cc4F)C3)c(Cl)c1)C2. The Morgan fingerprint density at radius 1 is 1.02 bits per heavy atom. The molecule has 2 unspecified atom stereocenters. The van der Waals surface area contributed by atoms with Crippen molar-refractivity contribution in [1.29, 1.82) is 0 Å². The van der Waals surface area contributed by atoms with Crippen LogP contribution in [0.2, 0.25) is 10.0 Å². The molecule has 1 amide bonds. The first kappa shape index (κ1) is 31.8. The number of hydrogen-bond donors (Lipinski definition) is 1. The maximum atomic E-state index is 15.7. The lowest BCUT2D eigenvalue weighted by molar-refractivity contribution is -0.0891. The molecule has 4 heterocycles. The number of anilines is 1. The summed E-state index contributed by atoms with van der Waals surface area (Å²) in [5.74, 6) is -1.36. The predicted molar refractivity (Wildman–Crippen MR) is 177 cm³/mol. The first-order valence-corrected chi connectivity index (χ1v) is 17.0. The molecule has 8 rings (SSSR count). The fourth-order valence-electron chi connectivity index (χ4n) is 8.54. The van der Waals surface area contributed by atoms with E-state index in [-0.39, 0.29) is 75.4 Å². The van der Waals surface area contributed by atoms with Crippen LogP contribution in [0.15, 0.2) is 42.5 Å². The minimum Gasteiger partial charge on any atom is -0.478 e. The lowest BCUT2D eigenvalue weighted by Crippen LogP contribution is -2.67. The smallest absolute Gasteiger partial charge is 0.336 e. The summed E-state index contributed by atoms with van der Waals surface area (Å²) in [6, 6.07) is 11.7. The number of carboxylic acids is 1. The molecule has 1 N–H and O–H groups in total. The molecular weight excluding hydrogens is 662 g/mol. The number of hydrogen-bond acceptors (Lipinski definition) is 7. The highest BCUT2D eigenvalue weighted by Crippen LogP contribution is 2.50. The fourth-order valence-corrected chi connectivity index (χ4v) is 9.18. The quantitative estimate of drug-likeness (QED) is 0.307. The van der Waals surface area contributed by atoms with Gasteiger partial charge in [-0.15, -0.1) is 0 Å². The zero-order chi connectivity index (χ0) is 33.3. The first-order chi connectivity index (χ1) is 23.2. The van der Waals surface area contributed by atoms with Gasteiger partial charge in [-0.3, -0.25) is 4.79 Å². The number of carbonyl (C=O) groups excluding carboxylic acids is 1. The zero-order valence-corrected chi connectivity index (χ0v) is 27.9. The van der Waals surface area contributed by atoms with E-state index < -0.39 is 11.8 Å². The van der Waals surface area contributed by atoms with Gasteiger partial charge in [-0.2, -0.15) is 0 Å². The molecule has 3 saturated heterocycles. The zero-order valence-electron chi connectivity index (χ0n) is 26.3. The van der Waals surface area contributed by atoms with Gasteiger partial charge in [0.1, 0.15) is 17.2 Å². The van der Waals surface area contributed by atoms with Gasteiger partial charge < -0.3 is 33.9 Å². The molecule has 4 aliphatic heterocycles. The number of para-hydroxylation sites is 1. The Hall–Kier alpha value is -3.41. The van der Waals surface area contributed by atoms with Crippen molar-refractivity contribution in [3.63, 3.8) is 0 Å². The van der Waals surface area contributed by atoms with Crippen LogP contribution in [0, 0.1) is 17.7 Å². The number of nitrogens with zero attached hydrogens (tertiary/aromatic N) is 2. The standard InChI is InChI=1S/C36H35Cl2FN2O7/c1-45-30-7-8-48-36(30)16-41(17-36)22-9-27(37)32(28(38)10-22)34(42)40-13-19-3-2-4-23(33(19)47-18-40)24-11-25(26(35(43)44)12-29(24)39)31-20-5-6-21(31)15-46-14-20/h2-4,9-12,20-21,30-31H,5-8,13-18H2,1H3,(H,43,44)/t20?,21?,30-,31?/m1/s1. The summed E-state index contributed by atoms with van der Waals surface area (Å²) in [4.78, 5) is 29.7. The molecule has 0 radical (unpaired) electrons. The van der Waals surface area contributed by atoms with Gasteiger partial charge in [0.15, 0.2) is 6.73 Å². The van der Waals surface area contributed by atoms with E-state index in [4.69, 9.17) is 42.1 Å². The second-order valence-electron chi connectivity index (χ2n) is 13.5. The number of amides is 1. The number of halogens is 3. The minimum atomic E-state index is -1.15. The maximum Gasteiger partial charge on any atom is 0.336 e. The van der Waals surface area contributed by atoms with Crippen LogP contribution >= 0.6 is 23.2 Å². The van der Waals surface area contributed by atoms with Gasteiger partial charge in [-0.05, 0) is 66.8 Å². The highest BCUT2D eigenvalue weighted by Gasteiger charge is 2.54. The number of aromatic carboxylic acids is 1. The van der Waals surface area contributed by atoms with Gasteiger partial charge in [0.25, 0.3) is 5.91 Å². The van der Waals surface area contributed by atoms with E-state index in [2.05, 4.69) is 4.90 Å². The molecule has 4 fully saturated rings. The Morgan fingerprint density at radius 3 is 2.44 bits per heavy atom. The van der Waals surface area contributed by atoms with Crippen LogP contribution in [-0.2, 0) is 20.8 Å². The van der Waals surface area contributed by atoms with Crippen LogP contribution in [0.5, 0.6) is 5.75 Å². The summed E-state index contributed by atoms with van der Waals surface area (Å²) >= 11 is 13.4. The second-order valence-corrected chi connectivity index (χ2v) is 14.3. The minimum absolute atomic E-state index is 0.0121. The Morgan fingerprint density at radius 2 is 1.75 bits per heavy atom. The van der Waals surface area contributed by atoms with Gasteiger partial charge >= 0.3 is 5.97 Å². The van der Waals surface area contributed by atoms with Gasteiger partial charge in [0, 0.05) is 42.7 Å². The molecule has 9 nitrogen and oxygen atoms in total. The monoisotopic (exact) mass is 696 g/mol. The second kappa shape index (κ2) is 12.2. The van der Waals surface area contributed by atoms with Crippen LogP contribution < -0.4 is 9.64 Å². The van der Waals surface area contributed by atoms with Crippen molar-refractivity contribution >= 4 is 40.8 Å². The molecule has 48 heavy (non-hydrogen) atoms. The molecule has 5 aliphatic rings. The van der Waals surface area contributed by atoms with E-state index in [9.17, 15) is 14.7 Å². The molecule has 3 aromatic rings. The third-order valence-corrected chi connectivity index (χ3v) is 11.5. The van der Waals surface area contributed by atoms with Crippen LogP contribution in [0.25, 0.3) is 11.1 Å². The number of benzene rings is 3. The predicted octanol–water partition coefficient (Wildman–Crippen LogP) is 6.62. The van der Waals surface area contributed by atoms with Gasteiger partial charge in [-0.25, -0.2) is 9.18 Å². The summed E-state index contributed by atoms with van der Waals surface area (Å²) < 4.78 is 39.3. The molecule has 2 bridgehead atoms. The van der Waals surface area contributed by atoms with Crippen LogP contribution in [-0.4, -0.2) is 80.3 Å². The van der Waals surface area contributed by atoms with Crippen molar-refractivity contribution in [2.75, 3.05) is 51.7 Å². The average Bonchev–Trinajstić information content (AvgIpc) is 3.60. The van der Waals surface area contributed by atoms with Crippen LogP contribution in [0.4, 0.5) is 10.1 Å². The summed E-state index contributed by atoms with van der Waals surface area (Å²) in [6.07, 6.45) is 2.79. The highest BCUT2D eigenvalue weighted by atomic mass is 35.5. The van der Waals surface area contributed by atoms with Crippen LogP contribution in [0.1, 0.15) is 57.0 Å². The fraction of sp³-hybridized carbons (Fsp3) is 0.444. The summed E-state index contributed by atoms with van der Waals surface area (Å²) in [5.41, 5.74) is 2.71. The number of methoxy groups -OCH3 is 1. The molecule has 0 aromatic heterocycles. The molecular formula is C36H35Cl2FN2O7. The largest absolute Gasteiger partial charge is 0.478 e. The van der Waals surface area contributed by atoms with E-state index >= 15 is 4.39 Å². The maximum absolute atomic E-state index is 15.7. The van der Waals surface area contributed by atoms with E-state index in [0.29, 0.717) is 55.4 Å². The Bertz CT molecular complexity index is 1780. The average molecular weight is 698 g/mol. The van der Waals surface area contributed by atoms with E-state index in [1.54, 1.807) is 37.4 Å². The Labute approximate surface area is 287 Å². The molecule has 12 heteroatoms. The van der Waals surface area contributed by atoms with Crippen molar-refractivity contribution in [3.05, 3.63) is 80.6 Å². The Balaban J connectivity index is 1.05. The summed E-state index contributed by atoms with van der Waals surface area (Å²) in [7, 11) is 1.70. The summed E-state index contributed by atoms with van der Waals surface area (Å²) in [5, 5.41) is 10.5. The molecule has 252 valence electrons. The number of fused-ring (bicyclic) bond motifs is 3. The van der Waals surface area contributed by atoms with Crippen molar-refractivity contribution in [2.24, 2.45) is 11.8 Å². The number of carbonyl (C=O) groups is 2. The summed E-state index contributed by atoms with van der Waals surface area (Å²) in [6.45, 7) is 3.16. The van der Waals surface area contributed by atoms with E-state index in [0.717, 1.165) is 31.0 Å². The van der Waals surface area contributed by atoms with Gasteiger partial charge in [0.05, 0.1) is 53.5 Å². The number of rotatable bonds is 6. The molecule has 1 aliphatic carbocycles. The first-order valence-electron chi connectivity index (χ1n) is 16.3. The Kier molecular flexibility index (Phi) is 8.07. The molecule has 1 saturated carbocycles. The lowest BCUT2D eigenvalue weighted by atomic mass is 9.79. The van der Waals surface area contributed by atoms with Gasteiger partial charge in [-0.1, -0.05) is 41.4 Å². The molecule has 1 spiro atoms. The third-order valence-electron chi connectivity index (χ3n) is 10.9. The van der Waals surface area contributed by atoms with Crippen LogP contribution in [0.3, 0.4) is 0 Å². The van der Waals surface area contributed by atoms with E-state index in [1.165, 1.54) is 4.90 Å². The topological polar surface area (TPSA) is 97.8 Å². The van der Waals surface area contributed by atoms with Crippen molar-refractivity contribution < 1.29 is 38.0 Å². The third kappa shape index (κ3) is 5.15. The van der Waals surface area contributed by atoms with Crippen molar-refractivity contribution in [1.82, 2.24) is 4.90 Å². The normalized spacial score (nSPS) is 25.5. The molecule has 3 aromatic carbocycles. The van der Waals surface area contributed by atoms with Gasteiger partial charge in [0.2, 0.25) is 0 Å². The lowest BCUT2D eigenvalue weighted by Gasteiger charge is -2.50. The molecule has 3 atom stereocenters. The van der Waals surface area contributed by atoms with Crippen molar-refractivity contribution in [2.45, 2.75) is 43.4 Å². The number of carboxylic acid groups (broad SMARTS) is 1. The van der Waals surface area contributed by atoms with Crippen molar-refractivity contribution in [3.8, 4) is 16.9 Å². The number of ether oxygens (including phenoxy) is 4.